The molecule has 0 aliphatic rings. The number of carboxylic acids is 2. The number of amides is 4. The maximum Gasteiger partial charge on any atom is 0.328 e. The molecule has 24 heteroatoms. The summed E-state index contributed by atoms with van der Waals surface area (Å²) in [7, 11) is -9.17. The molecule has 72 heavy (non-hydrogen) atoms. The third-order valence-corrected chi connectivity index (χ3v) is 11.8. The van der Waals surface area contributed by atoms with Gasteiger partial charge in [-0.1, -0.05) is 48.5 Å². The van der Waals surface area contributed by atoms with Gasteiger partial charge in [-0.25, -0.2) is 9.59 Å². The number of nitrogens with one attached hydrogen (secondary N) is 4. The molecule has 4 amide bonds. The standard InChI is InChI=1S/C48H34N8O14S2/c57-43(21-23-45(59)60)51-39-25-29(13-15-37(39)55-53-35-17-19-41(71(65,66)67)33-7-3-1-5-31(33)35)49-47(63)27-9-11-28(12-10-27)48(64)50-30-14-16-38(40(26-30)52-44(58)22-24-46(61)62)56-54-36-18-20-42(72(68,69)70)34-8-4-2-6-32(34)36/h1-26H,(H,49,63)(H,50,64)(H,51,57)(H,52,58)(H,59,60)(H,61,62)(H,65,66,67)(H,68,69,70). The second kappa shape index (κ2) is 21.3. The first-order chi connectivity index (χ1) is 34.2. The van der Waals surface area contributed by atoms with Crippen molar-refractivity contribution in [3.63, 3.8) is 0 Å². The summed E-state index contributed by atoms with van der Waals surface area (Å²) < 4.78 is 67.3. The quantitative estimate of drug-likeness (QED) is 0.0254. The summed E-state index contributed by atoms with van der Waals surface area (Å²) >= 11 is 0. The second-order valence-electron chi connectivity index (χ2n) is 14.9. The average Bonchev–Trinajstić information content (AvgIpc) is 3.33. The lowest BCUT2D eigenvalue weighted by Crippen LogP contribution is -2.15. The third-order valence-electron chi connectivity index (χ3n) is 10.00. The molecule has 7 rings (SSSR count). The number of fused-ring (bicyclic) bond motifs is 2. The monoisotopic (exact) mass is 1010 g/mol. The average molecular weight is 1010 g/mol. The number of nitrogens with zero attached hydrogens (tertiary/aromatic N) is 4. The number of benzene rings is 7. The smallest absolute Gasteiger partial charge is 0.328 e. The van der Waals surface area contributed by atoms with Crippen molar-refractivity contribution < 1.29 is 64.9 Å². The minimum Gasteiger partial charge on any atom is -0.478 e. The predicted octanol–water partition coefficient (Wildman–Crippen LogP) is 8.98. The highest BCUT2D eigenvalue weighted by molar-refractivity contribution is 7.86. The number of carbonyl (C=O) groups is 6. The summed E-state index contributed by atoms with van der Waals surface area (Å²) in [5.74, 6) is -5.85. The molecule has 7 aromatic carbocycles. The van der Waals surface area contributed by atoms with Gasteiger partial charge < -0.3 is 31.5 Å². The van der Waals surface area contributed by atoms with Crippen molar-refractivity contribution in [2.75, 3.05) is 21.3 Å². The molecule has 0 saturated heterocycles. The lowest BCUT2D eigenvalue weighted by molar-refractivity contribution is -0.132. The largest absolute Gasteiger partial charge is 0.478 e. The van der Waals surface area contributed by atoms with Crippen LogP contribution in [0.5, 0.6) is 0 Å². The van der Waals surface area contributed by atoms with Gasteiger partial charge in [0.25, 0.3) is 32.1 Å². The first-order valence-corrected chi connectivity index (χ1v) is 23.4. The summed E-state index contributed by atoms with van der Waals surface area (Å²) in [6, 6.07) is 31.0. The van der Waals surface area contributed by atoms with Crippen LogP contribution in [0, 0.1) is 0 Å². The van der Waals surface area contributed by atoms with E-state index in [4.69, 9.17) is 10.2 Å². The topological polar surface area (TPSA) is 349 Å². The van der Waals surface area contributed by atoms with Gasteiger partial charge in [-0.15, -0.1) is 20.5 Å². The van der Waals surface area contributed by atoms with Crippen molar-refractivity contribution in [1.82, 2.24) is 0 Å². The normalized spacial score (nSPS) is 11.9. The van der Waals surface area contributed by atoms with Crippen LogP contribution in [-0.2, 0) is 39.4 Å². The van der Waals surface area contributed by atoms with E-state index >= 15 is 0 Å². The molecule has 8 N–H and O–H groups in total. The molecule has 362 valence electrons. The molecule has 0 spiro atoms. The van der Waals surface area contributed by atoms with Crippen molar-refractivity contribution in [3.05, 3.63) is 169 Å². The van der Waals surface area contributed by atoms with Gasteiger partial charge in [0.1, 0.15) is 21.2 Å². The summed E-state index contributed by atoms with van der Waals surface area (Å²) in [5, 5.41) is 46.1. The maximum absolute atomic E-state index is 13.4. The third kappa shape index (κ3) is 12.5. The van der Waals surface area contributed by atoms with Crippen LogP contribution in [0.4, 0.5) is 45.5 Å². The lowest BCUT2D eigenvalue weighted by Gasteiger charge is -2.12. The Balaban J connectivity index is 1.09. The minimum absolute atomic E-state index is 0.0281. The Morgan fingerprint density at radius 1 is 0.403 bits per heavy atom. The molecule has 0 aromatic heterocycles. The lowest BCUT2D eigenvalue weighted by atomic mass is 10.1. The molecule has 0 unspecified atom stereocenters. The molecule has 22 nitrogen and oxygen atoms in total. The molecule has 0 heterocycles. The SMILES string of the molecule is O=C(O)C=CC(=O)Nc1cc(NC(=O)c2ccc(C(=O)Nc3ccc(N=Nc4ccc(S(=O)(=O)O)c5ccccc45)c(NC(=O)C=CC(=O)O)c3)cc2)ccc1N=Nc1ccc(S(=O)(=O)O)c2ccccc12. The van der Waals surface area contributed by atoms with Crippen molar-refractivity contribution in [2.24, 2.45) is 20.5 Å². The molecule has 0 atom stereocenters. The van der Waals surface area contributed by atoms with Crippen LogP contribution in [0.3, 0.4) is 0 Å². The Kier molecular flexibility index (Phi) is 14.9. The van der Waals surface area contributed by atoms with Gasteiger partial charge in [-0.05, 0) is 84.9 Å². The molecule has 0 saturated carbocycles. The zero-order valence-electron chi connectivity index (χ0n) is 36.5. The van der Waals surface area contributed by atoms with E-state index < -0.39 is 55.8 Å². The van der Waals surface area contributed by atoms with Crippen molar-refractivity contribution in [2.45, 2.75) is 9.79 Å². The van der Waals surface area contributed by atoms with Gasteiger partial charge in [0.15, 0.2) is 0 Å². The predicted molar refractivity (Wildman–Crippen MR) is 262 cm³/mol. The molecule has 7 aromatic rings. The number of carboxylic acid groups (broad SMARTS) is 2. The van der Waals surface area contributed by atoms with Crippen LogP contribution in [-0.4, -0.2) is 71.7 Å². The van der Waals surface area contributed by atoms with Crippen molar-refractivity contribution >= 4 is 123 Å². The number of azo groups is 2. The maximum atomic E-state index is 13.4. The van der Waals surface area contributed by atoms with E-state index in [1.165, 1.54) is 84.9 Å². The number of rotatable bonds is 16. The highest BCUT2D eigenvalue weighted by atomic mass is 32.2. The van der Waals surface area contributed by atoms with Gasteiger partial charge >= 0.3 is 11.9 Å². The Hall–Kier alpha value is -9.62. The van der Waals surface area contributed by atoms with E-state index in [0.717, 1.165) is 24.3 Å². The highest BCUT2D eigenvalue weighted by Crippen LogP contribution is 2.37. The molecule has 0 aliphatic heterocycles. The Bertz CT molecular complexity index is 3500. The van der Waals surface area contributed by atoms with Crippen LogP contribution >= 0.6 is 0 Å². The van der Waals surface area contributed by atoms with Crippen LogP contribution in [0.15, 0.2) is 188 Å². The van der Waals surface area contributed by atoms with E-state index in [1.54, 1.807) is 36.4 Å². The number of anilines is 4. The van der Waals surface area contributed by atoms with E-state index in [1.807, 2.05) is 0 Å². The van der Waals surface area contributed by atoms with Crippen molar-refractivity contribution in [1.29, 1.82) is 0 Å². The van der Waals surface area contributed by atoms with Gasteiger partial charge in [-0.2, -0.15) is 16.8 Å². The number of aliphatic carboxylic acids is 2. The highest BCUT2D eigenvalue weighted by Gasteiger charge is 2.19. The van der Waals surface area contributed by atoms with Gasteiger partial charge in [0, 0.05) is 68.4 Å². The van der Waals surface area contributed by atoms with E-state index in [2.05, 4.69) is 41.7 Å². The zero-order chi connectivity index (χ0) is 51.7. The van der Waals surface area contributed by atoms with Gasteiger partial charge in [0.2, 0.25) is 11.8 Å². The van der Waals surface area contributed by atoms with E-state index in [-0.39, 0.29) is 77.2 Å². The second-order valence-corrected chi connectivity index (χ2v) is 17.7. The fourth-order valence-electron chi connectivity index (χ4n) is 6.78. The van der Waals surface area contributed by atoms with E-state index in [9.17, 15) is 54.7 Å². The summed E-state index contributed by atoms with van der Waals surface area (Å²) in [6.07, 6.45) is 2.70. The molecule has 0 radical (unpaired) electrons. The summed E-state index contributed by atoms with van der Waals surface area (Å²) in [5.41, 5.74) is 0.825. The first-order valence-electron chi connectivity index (χ1n) is 20.5. The molecule has 0 bridgehead atoms. The number of hydrogen-bond donors (Lipinski definition) is 8. The number of hydrogen-bond acceptors (Lipinski definition) is 14. The fourth-order valence-corrected chi connectivity index (χ4v) is 8.17. The zero-order valence-corrected chi connectivity index (χ0v) is 38.1. The molecular formula is C48H34N8O14S2. The Labute approximate surface area is 406 Å². The Morgan fingerprint density at radius 3 is 1.08 bits per heavy atom. The molecule has 0 aliphatic carbocycles. The number of carbonyl (C=O) groups excluding carboxylic acids is 4. The molecular weight excluding hydrogens is 977 g/mol. The van der Waals surface area contributed by atoms with Crippen LogP contribution < -0.4 is 21.3 Å². The van der Waals surface area contributed by atoms with E-state index in [0.29, 0.717) is 22.9 Å². The minimum atomic E-state index is -4.59. The molecule has 0 fully saturated rings. The van der Waals surface area contributed by atoms with Crippen LogP contribution in [0.2, 0.25) is 0 Å². The summed E-state index contributed by atoms with van der Waals surface area (Å²) in [4.78, 5) is 73.6. The van der Waals surface area contributed by atoms with Gasteiger partial charge in [0.05, 0.1) is 22.7 Å². The van der Waals surface area contributed by atoms with Crippen LogP contribution in [0.1, 0.15) is 20.7 Å². The van der Waals surface area contributed by atoms with Gasteiger partial charge in [-0.3, -0.25) is 28.3 Å². The Morgan fingerprint density at radius 2 is 0.736 bits per heavy atom. The summed E-state index contributed by atoms with van der Waals surface area (Å²) in [6.45, 7) is 0. The van der Waals surface area contributed by atoms with Crippen molar-refractivity contribution in [3.8, 4) is 0 Å². The fraction of sp³-hybridized carbons (Fsp3) is 0. The van der Waals surface area contributed by atoms with Crippen LogP contribution in [0.25, 0.3) is 21.5 Å². The first kappa shape index (κ1) is 50.3.